The summed E-state index contributed by atoms with van der Waals surface area (Å²) in [6.07, 6.45) is 10.3. The average Bonchev–Trinajstić information content (AvgIpc) is 3.54. The summed E-state index contributed by atoms with van der Waals surface area (Å²) < 4.78 is 2.13. The lowest BCUT2D eigenvalue weighted by Gasteiger charge is -2.33. The standard InChI is InChI=1S/C27H28N2O/c30-27(26-25(20-8-9-20)14-13-24-16-28-17-29(24)26)21-10-5-19(6-11-21)23-12-7-18-3-1-2-4-22(18)15-23/h1-4,7,12-17,19-21,27,30H,5-6,8-11H2/t19-,21-,27-/m1/s1. The van der Waals surface area contributed by atoms with Crippen LogP contribution in [0.4, 0.5) is 0 Å². The topological polar surface area (TPSA) is 37.5 Å². The SMILES string of the molecule is O[C@@H](c1c(C2CC2)ccc2cncn12)[C@H]1CC[C@H](c2ccc3ccccc3c2)CC1. The van der Waals surface area contributed by atoms with Gasteiger partial charge in [-0.05, 0) is 84.2 Å². The fraction of sp³-hybridized carbons (Fsp3) is 0.370. The Balaban J connectivity index is 1.24. The molecule has 2 aromatic heterocycles. The minimum Gasteiger partial charge on any atom is -0.387 e. The van der Waals surface area contributed by atoms with Crippen LogP contribution in [0.5, 0.6) is 0 Å². The summed E-state index contributed by atoms with van der Waals surface area (Å²) >= 11 is 0. The monoisotopic (exact) mass is 396 g/mol. The lowest BCUT2D eigenvalue weighted by atomic mass is 9.75. The van der Waals surface area contributed by atoms with E-state index in [-0.39, 0.29) is 0 Å². The molecule has 0 saturated heterocycles. The molecular formula is C27H28N2O. The Hall–Kier alpha value is -2.65. The Bertz CT molecular complexity index is 1200. The molecule has 0 bridgehead atoms. The number of imidazole rings is 1. The first-order valence-corrected chi connectivity index (χ1v) is 11.4. The van der Waals surface area contributed by atoms with Crippen molar-refractivity contribution in [2.45, 2.75) is 56.5 Å². The fourth-order valence-electron chi connectivity index (χ4n) is 5.54. The first kappa shape index (κ1) is 18.1. The second-order valence-electron chi connectivity index (χ2n) is 9.30. The van der Waals surface area contributed by atoms with Gasteiger partial charge in [-0.1, -0.05) is 48.5 Å². The third kappa shape index (κ3) is 3.13. The quantitative estimate of drug-likeness (QED) is 0.435. The number of benzene rings is 2. The third-order valence-electron chi connectivity index (χ3n) is 7.42. The Morgan fingerprint density at radius 3 is 2.40 bits per heavy atom. The minimum atomic E-state index is -0.406. The molecule has 3 nitrogen and oxygen atoms in total. The summed E-state index contributed by atoms with van der Waals surface area (Å²) in [6, 6.07) is 19.9. The predicted molar refractivity (Wildman–Crippen MR) is 121 cm³/mol. The highest BCUT2D eigenvalue weighted by molar-refractivity contribution is 5.83. The fourth-order valence-corrected chi connectivity index (χ4v) is 5.54. The van der Waals surface area contributed by atoms with E-state index in [9.17, 15) is 5.11 Å². The molecule has 2 fully saturated rings. The van der Waals surface area contributed by atoms with E-state index in [0.29, 0.717) is 17.8 Å². The van der Waals surface area contributed by atoms with Crippen molar-refractivity contribution in [1.82, 2.24) is 9.38 Å². The Morgan fingerprint density at radius 1 is 0.833 bits per heavy atom. The molecule has 0 aliphatic heterocycles. The van der Waals surface area contributed by atoms with Crippen molar-refractivity contribution in [3.63, 3.8) is 0 Å². The van der Waals surface area contributed by atoms with Crippen LogP contribution < -0.4 is 0 Å². The number of aliphatic hydroxyl groups excluding tert-OH is 1. The van der Waals surface area contributed by atoms with Gasteiger partial charge in [0.1, 0.15) is 0 Å². The molecule has 6 rings (SSSR count). The molecular weight excluding hydrogens is 368 g/mol. The van der Waals surface area contributed by atoms with Crippen LogP contribution >= 0.6 is 0 Å². The molecule has 0 spiro atoms. The van der Waals surface area contributed by atoms with E-state index in [1.807, 2.05) is 12.5 Å². The van der Waals surface area contributed by atoms with Crippen molar-refractivity contribution in [1.29, 1.82) is 0 Å². The van der Waals surface area contributed by atoms with Gasteiger partial charge in [0.25, 0.3) is 0 Å². The smallest absolute Gasteiger partial charge is 0.0995 e. The summed E-state index contributed by atoms with van der Waals surface area (Å²) in [5.74, 6) is 1.55. The minimum absolute atomic E-state index is 0.326. The van der Waals surface area contributed by atoms with Crippen molar-refractivity contribution >= 4 is 16.3 Å². The van der Waals surface area contributed by atoms with Gasteiger partial charge in [-0.25, -0.2) is 4.98 Å². The van der Waals surface area contributed by atoms with Crippen molar-refractivity contribution in [2.24, 2.45) is 5.92 Å². The van der Waals surface area contributed by atoms with Gasteiger partial charge in [-0.3, -0.25) is 0 Å². The van der Waals surface area contributed by atoms with E-state index in [1.54, 1.807) is 0 Å². The Morgan fingerprint density at radius 2 is 1.60 bits per heavy atom. The molecule has 2 saturated carbocycles. The van der Waals surface area contributed by atoms with Crippen LogP contribution in [0.25, 0.3) is 16.3 Å². The van der Waals surface area contributed by atoms with Gasteiger partial charge in [-0.2, -0.15) is 0 Å². The largest absolute Gasteiger partial charge is 0.387 e. The van der Waals surface area contributed by atoms with Crippen LogP contribution in [0.2, 0.25) is 0 Å². The normalized spacial score (nSPS) is 23.1. The second-order valence-corrected chi connectivity index (χ2v) is 9.30. The molecule has 30 heavy (non-hydrogen) atoms. The van der Waals surface area contributed by atoms with Crippen LogP contribution in [0.1, 0.15) is 73.3 Å². The van der Waals surface area contributed by atoms with Gasteiger partial charge in [0, 0.05) is 0 Å². The molecule has 2 aromatic carbocycles. The highest BCUT2D eigenvalue weighted by Crippen LogP contribution is 2.47. The maximum Gasteiger partial charge on any atom is 0.0995 e. The van der Waals surface area contributed by atoms with Crippen molar-refractivity contribution < 1.29 is 5.11 Å². The molecule has 1 atom stereocenters. The van der Waals surface area contributed by atoms with Crippen molar-refractivity contribution in [3.05, 3.63) is 83.9 Å². The summed E-state index contributed by atoms with van der Waals surface area (Å²) in [7, 11) is 0. The maximum atomic E-state index is 11.5. The van der Waals surface area contributed by atoms with Gasteiger partial charge in [0.05, 0.1) is 29.8 Å². The summed E-state index contributed by atoms with van der Waals surface area (Å²) in [4.78, 5) is 4.34. The highest BCUT2D eigenvalue weighted by Gasteiger charge is 2.34. The zero-order chi connectivity index (χ0) is 20.1. The van der Waals surface area contributed by atoms with E-state index in [2.05, 4.69) is 64.0 Å². The number of aliphatic hydroxyl groups is 1. The second kappa shape index (κ2) is 7.24. The summed E-state index contributed by atoms with van der Waals surface area (Å²) in [6.45, 7) is 0. The lowest BCUT2D eigenvalue weighted by molar-refractivity contribution is 0.0754. The van der Waals surface area contributed by atoms with E-state index in [4.69, 9.17) is 0 Å². The van der Waals surface area contributed by atoms with Gasteiger partial charge >= 0.3 is 0 Å². The van der Waals surface area contributed by atoms with Crippen LogP contribution in [0.3, 0.4) is 0 Å². The van der Waals surface area contributed by atoms with Gasteiger partial charge in [0.15, 0.2) is 0 Å². The first-order valence-electron chi connectivity index (χ1n) is 11.4. The zero-order valence-electron chi connectivity index (χ0n) is 17.2. The molecule has 1 N–H and O–H groups in total. The number of rotatable bonds is 4. The first-order chi connectivity index (χ1) is 14.8. The van der Waals surface area contributed by atoms with Crippen molar-refractivity contribution in [2.75, 3.05) is 0 Å². The number of hydrogen-bond donors (Lipinski definition) is 1. The van der Waals surface area contributed by atoms with E-state index in [1.165, 1.54) is 34.7 Å². The highest BCUT2D eigenvalue weighted by atomic mass is 16.3. The Labute approximate surface area is 177 Å². The molecule has 2 aliphatic rings. The molecule has 152 valence electrons. The number of aromatic nitrogens is 2. The molecule has 2 heterocycles. The summed E-state index contributed by atoms with van der Waals surface area (Å²) in [5.41, 5.74) is 4.97. The Kier molecular flexibility index (Phi) is 4.38. The lowest BCUT2D eigenvalue weighted by Crippen LogP contribution is -2.22. The number of nitrogens with zero attached hydrogens (tertiary/aromatic N) is 2. The molecule has 3 heteroatoms. The predicted octanol–water partition coefficient (Wildman–Crippen LogP) is 6.37. The zero-order valence-corrected chi connectivity index (χ0v) is 17.2. The van der Waals surface area contributed by atoms with Crippen molar-refractivity contribution in [3.8, 4) is 0 Å². The number of pyridine rings is 1. The average molecular weight is 397 g/mol. The van der Waals surface area contributed by atoms with E-state index < -0.39 is 6.10 Å². The number of fused-ring (bicyclic) bond motifs is 2. The maximum absolute atomic E-state index is 11.5. The molecule has 0 unspecified atom stereocenters. The number of hydrogen-bond acceptors (Lipinski definition) is 2. The van der Waals surface area contributed by atoms with E-state index in [0.717, 1.165) is 36.9 Å². The summed E-state index contributed by atoms with van der Waals surface area (Å²) in [5, 5.41) is 14.1. The van der Waals surface area contributed by atoms with E-state index >= 15 is 0 Å². The molecule has 4 aromatic rings. The van der Waals surface area contributed by atoms with Crippen LogP contribution in [0.15, 0.2) is 67.1 Å². The van der Waals surface area contributed by atoms with Gasteiger partial charge in [-0.15, -0.1) is 0 Å². The molecule has 0 radical (unpaired) electrons. The van der Waals surface area contributed by atoms with Crippen LogP contribution in [0, 0.1) is 5.92 Å². The van der Waals surface area contributed by atoms with Crippen LogP contribution in [-0.4, -0.2) is 14.5 Å². The van der Waals surface area contributed by atoms with Gasteiger partial charge in [0.2, 0.25) is 0 Å². The third-order valence-corrected chi connectivity index (χ3v) is 7.42. The van der Waals surface area contributed by atoms with Gasteiger partial charge < -0.3 is 9.51 Å². The molecule has 2 aliphatic carbocycles. The molecule has 0 amide bonds. The van der Waals surface area contributed by atoms with Crippen LogP contribution in [-0.2, 0) is 0 Å².